The Bertz CT molecular complexity index is 828. The fourth-order valence-electron chi connectivity index (χ4n) is 2.57. The first-order chi connectivity index (χ1) is 11.6. The fourth-order valence-corrected chi connectivity index (χ4v) is 2.57. The van der Waals surface area contributed by atoms with Crippen molar-refractivity contribution in [3.05, 3.63) is 65.1 Å². The molecular formula is C18H21N5O. The summed E-state index contributed by atoms with van der Waals surface area (Å²) < 4.78 is 7.13. The highest BCUT2D eigenvalue weighted by molar-refractivity contribution is 5.31. The Labute approximate surface area is 141 Å². The van der Waals surface area contributed by atoms with E-state index in [4.69, 9.17) is 4.74 Å². The van der Waals surface area contributed by atoms with Gasteiger partial charge < -0.3 is 10.1 Å². The van der Waals surface area contributed by atoms with Gasteiger partial charge in [-0.3, -0.25) is 4.68 Å². The Morgan fingerprint density at radius 3 is 2.71 bits per heavy atom. The highest BCUT2D eigenvalue weighted by Crippen LogP contribution is 2.12. The van der Waals surface area contributed by atoms with Gasteiger partial charge in [0.25, 0.3) is 0 Å². The van der Waals surface area contributed by atoms with Crippen molar-refractivity contribution < 1.29 is 4.74 Å². The molecule has 0 aliphatic heterocycles. The van der Waals surface area contributed by atoms with E-state index in [2.05, 4.69) is 57.6 Å². The highest BCUT2D eigenvalue weighted by atomic mass is 16.5. The zero-order valence-electron chi connectivity index (χ0n) is 14.2. The first kappa shape index (κ1) is 16.0. The number of hydrogen-bond acceptors (Lipinski definition) is 5. The lowest BCUT2D eigenvalue weighted by Crippen LogP contribution is -2.06. The molecule has 0 amide bonds. The second kappa shape index (κ2) is 7.12. The molecule has 0 aliphatic rings. The zero-order chi connectivity index (χ0) is 16.9. The van der Waals surface area contributed by atoms with E-state index in [-0.39, 0.29) is 0 Å². The van der Waals surface area contributed by atoms with Gasteiger partial charge in [0.15, 0.2) is 0 Å². The maximum atomic E-state index is 5.10. The Balaban J connectivity index is 1.67. The molecule has 2 aromatic heterocycles. The molecule has 0 spiro atoms. The lowest BCUT2D eigenvalue weighted by molar-refractivity contribution is 0.397. The van der Waals surface area contributed by atoms with Gasteiger partial charge in [-0.25, -0.2) is 4.98 Å². The quantitative estimate of drug-likeness (QED) is 0.755. The average molecular weight is 323 g/mol. The minimum atomic E-state index is 0.547. The third-order valence-electron chi connectivity index (χ3n) is 3.72. The van der Waals surface area contributed by atoms with Gasteiger partial charge in [0.05, 0.1) is 19.3 Å². The first-order valence-electron chi connectivity index (χ1n) is 7.84. The minimum absolute atomic E-state index is 0.547. The van der Waals surface area contributed by atoms with Gasteiger partial charge in [-0.15, -0.1) is 0 Å². The van der Waals surface area contributed by atoms with Gasteiger partial charge in [0.2, 0.25) is 11.8 Å². The van der Waals surface area contributed by atoms with Crippen LogP contribution in [0.15, 0.2) is 42.6 Å². The monoisotopic (exact) mass is 323 g/mol. The van der Waals surface area contributed by atoms with E-state index in [9.17, 15) is 0 Å². The van der Waals surface area contributed by atoms with Crippen LogP contribution in [-0.4, -0.2) is 26.9 Å². The van der Waals surface area contributed by atoms with E-state index in [0.29, 0.717) is 18.4 Å². The van der Waals surface area contributed by atoms with Crippen LogP contribution in [-0.2, 0) is 13.1 Å². The molecule has 2 heterocycles. The van der Waals surface area contributed by atoms with E-state index >= 15 is 0 Å². The molecule has 0 aliphatic carbocycles. The Morgan fingerprint density at radius 1 is 1.12 bits per heavy atom. The van der Waals surface area contributed by atoms with Crippen molar-refractivity contribution in [1.82, 2.24) is 19.7 Å². The van der Waals surface area contributed by atoms with Crippen LogP contribution in [0.2, 0.25) is 0 Å². The van der Waals surface area contributed by atoms with Crippen LogP contribution in [0.25, 0.3) is 0 Å². The van der Waals surface area contributed by atoms with Crippen LogP contribution in [0.4, 0.5) is 5.95 Å². The predicted octanol–water partition coefficient (Wildman–Crippen LogP) is 2.96. The first-order valence-corrected chi connectivity index (χ1v) is 7.84. The van der Waals surface area contributed by atoms with Crippen molar-refractivity contribution in [2.75, 3.05) is 12.4 Å². The lowest BCUT2D eigenvalue weighted by atomic mass is 10.1. The topological polar surface area (TPSA) is 64.9 Å². The summed E-state index contributed by atoms with van der Waals surface area (Å²) in [7, 11) is 1.59. The largest absolute Gasteiger partial charge is 0.481 e. The molecule has 0 radical (unpaired) electrons. The van der Waals surface area contributed by atoms with E-state index in [0.717, 1.165) is 12.2 Å². The van der Waals surface area contributed by atoms with Gasteiger partial charge in [-0.1, -0.05) is 24.3 Å². The van der Waals surface area contributed by atoms with Crippen molar-refractivity contribution in [3.8, 4) is 5.88 Å². The smallest absolute Gasteiger partial charge is 0.226 e. The minimum Gasteiger partial charge on any atom is -0.481 e. The molecule has 3 aromatic rings. The van der Waals surface area contributed by atoms with Crippen molar-refractivity contribution in [1.29, 1.82) is 0 Å². The number of anilines is 1. The Kier molecular flexibility index (Phi) is 4.74. The summed E-state index contributed by atoms with van der Waals surface area (Å²) >= 11 is 0. The standard InChI is InChI=1S/C18H21N5O/c1-13-9-14(2)23(22-13)12-16-6-4-5-15(10-16)11-20-18-19-8-7-17(21-18)24-3/h4-10H,11-12H2,1-3H3,(H,19,20,21). The third-order valence-corrected chi connectivity index (χ3v) is 3.72. The fraction of sp³-hybridized carbons (Fsp3) is 0.278. The van der Waals surface area contributed by atoms with Crippen molar-refractivity contribution >= 4 is 5.95 Å². The number of aromatic nitrogens is 4. The Hall–Kier alpha value is -2.89. The van der Waals surface area contributed by atoms with Crippen LogP contribution in [0, 0.1) is 13.8 Å². The van der Waals surface area contributed by atoms with Crippen LogP contribution < -0.4 is 10.1 Å². The molecule has 0 atom stereocenters. The zero-order valence-corrected chi connectivity index (χ0v) is 14.2. The number of aryl methyl sites for hydroxylation is 2. The van der Waals surface area contributed by atoms with Gasteiger partial charge in [0, 0.05) is 24.5 Å². The van der Waals surface area contributed by atoms with Gasteiger partial charge >= 0.3 is 0 Å². The van der Waals surface area contributed by atoms with E-state index in [1.54, 1.807) is 19.4 Å². The second-order valence-corrected chi connectivity index (χ2v) is 5.68. The van der Waals surface area contributed by atoms with Crippen LogP contribution >= 0.6 is 0 Å². The summed E-state index contributed by atoms with van der Waals surface area (Å²) in [5.74, 6) is 1.10. The molecule has 3 rings (SSSR count). The summed E-state index contributed by atoms with van der Waals surface area (Å²) in [6.07, 6.45) is 1.67. The maximum absolute atomic E-state index is 5.10. The number of nitrogens with one attached hydrogen (secondary N) is 1. The Morgan fingerprint density at radius 2 is 1.96 bits per heavy atom. The number of benzene rings is 1. The van der Waals surface area contributed by atoms with Crippen LogP contribution in [0.1, 0.15) is 22.5 Å². The van der Waals surface area contributed by atoms with E-state index < -0.39 is 0 Å². The lowest BCUT2D eigenvalue weighted by Gasteiger charge is -2.09. The van der Waals surface area contributed by atoms with Crippen LogP contribution in [0.5, 0.6) is 5.88 Å². The number of hydrogen-bond donors (Lipinski definition) is 1. The molecule has 1 N–H and O–H groups in total. The van der Waals surface area contributed by atoms with E-state index in [1.807, 2.05) is 11.6 Å². The number of rotatable bonds is 6. The molecule has 0 unspecified atom stereocenters. The SMILES string of the molecule is COc1ccnc(NCc2cccc(Cn3nc(C)cc3C)c2)n1. The molecule has 124 valence electrons. The molecule has 0 saturated carbocycles. The molecule has 1 aromatic carbocycles. The number of methoxy groups -OCH3 is 1. The summed E-state index contributed by atoms with van der Waals surface area (Å²) in [5.41, 5.74) is 4.59. The van der Waals surface area contributed by atoms with Gasteiger partial charge in [-0.05, 0) is 31.0 Å². The second-order valence-electron chi connectivity index (χ2n) is 5.68. The maximum Gasteiger partial charge on any atom is 0.226 e. The molecule has 0 bridgehead atoms. The molecule has 0 saturated heterocycles. The molecule has 6 nitrogen and oxygen atoms in total. The molecule has 24 heavy (non-hydrogen) atoms. The molecule has 6 heteroatoms. The van der Waals surface area contributed by atoms with Crippen molar-refractivity contribution in [2.24, 2.45) is 0 Å². The summed E-state index contributed by atoms with van der Waals surface area (Å²) in [6, 6.07) is 12.2. The van der Waals surface area contributed by atoms with Crippen molar-refractivity contribution in [2.45, 2.75) is 26.9 Å². The summed E-state index contributed by atoms with van der Waals surface area (Å²) in [4.78, 5) is 8.44. The third kappa shape index (κ3) is 3.90. The summed E-state index contributed by atoms with van der Waals surface area (Å²) in [5, 5.41) is 7.73. The number of nitrogens with zero attached hydrogens (tertiary/aromatic N) is 4. The molecular weight excluding hydrogens is 302 g/mol. The average Bonchev–Trinajstić information content (AvgIpc) is 2.91. The van der Waals surface area contributed by atoms with Gasteiger partial charge in [0.1, 0.15) is 0 Å². The number of ether oxygens (including phenoxy) is 1. The van der Waals surface area contributed by atoms with Crippen LogP contribution in [0.3, 0.4) is 0 Å². The van der Waals surface area contributed by atoms with Gasteiger partial charge in [-0.2, -0.15) is 10.1 Å². The van der Waals surface area contributed by atoms with Crippen molar-refractivity contribution in [3.63, 3.8) is 0 Å². The summed E-state index contributed by atoms with van der Waals surface area (Å²) in [6.45, 7) is 5.50. The normalized spacial score (nSPS) is 10.6. The molecule has 0 fully saturated rings. The predicted molar refractivity (Wildman–Crippen MR) is 93.2 cm³/mol. The van der Waals surface area contributed by atoms with E-state index in [1.165, 1.54) is 16.8 Å². The highest BCUT2D eigenvalue weighted by Gasteiger charge is 2.04.